The largest absolute Gasteiger partial charge is 0.490 e. The van der Waals surface area contributed by atoms with E-state index in [-0.39, 0.29) is 11.9 Å². The molecule has 2 rings (SSSR count). The Morgan fingerprint density at radius 2 is 2.12 bits per heavy atom. The predicted molar refractivity (Wildman–Crippen MR) is 61.8 cm³/mol. The number of hydrogen-bond donors (Lipinski definition) is 1. The summed E-state index contributed by atoms with van der Waals surface area (Å²) in [6, 6.07) is 7.84. The molecule has 1 aliphatic heterocycles. The summed E-state index contributed by atoms with van der Waals surface area (Å²) in [6.07, 6.45) is 2.22. The summed E-state index contributed by atoms with van der Waals surface area (Å²) < 4.78 is 27.4. The van der Waals surface area contributed by atoms with Crippen molar-refractivity contribution in [2.24, 2.45) is 5.14 Å². The van der Waals surface area contributed by atoms with E-state index in [1.807, 2.05) is 24.3 Å². The molecule has 1 aliphatic rings. The summed E-state index contributed by atoms with van der Waals surface area (Å²) in [5.41, 5.74) is 1.19. The molecule has 0 radical (unpaired) electrons. The van der Waals surface area contributed by atoms with Crippen molar-refractivity contribution in [3.8, 4) is 5.75 Å². The summed E-state index contributed by atoms with van der Waals surface area (Å²) in [7, 11) is -3.38. The number of sulfonamides is 1. The maximum atomic E-state index is 10.8. The Kier molecular flexibility index (Phi) is 3.16. The predicted octanol–water partition coefficient (Wildman–Crippen LogP) is 1.06. The van der Waals surface area contributed by atoms with Gasteiger partial charge < -0.3 is 4.74 Å². The van der Waals surface area contributed by atoms with Crippen molar-refractivity contribution in [3.63, 3.8) is 0 Å². The molecule has 1 aromatic rings. The highest BCUT2D eigenvalue weighted by molar-refractivity contribution is 7.89. The van der Waals surface area contributed by atoms with Gasteiger partial charge in [-0.05, 0) is 30.9 Å². The van der Waals surface area contributed by atoms with Crippen LogP contribution in [0.5, 0.6) is 5.75 Å². The van der Waals surface area contributed by atoms with Crippen molar-refractivity contribution in [1.82, 2.24) is 0 Å². The number of benzene rings is 1. The molecule has 88 valence electrons. The molecule has 4 nitrogen and oxygen atoms in total. The van der Waals surface area contributed by atoms with Gasteiger partial charge in [-0.25, -0.2) is 13.6 Å². The van der Waals surface area contributed by atoms with E-state index >= 15 is 0 Å². The van der Waals surface area contributed by atoms with E-state index < -0.39 is 10.0 Å². The van der Waals surface area contributed by atoms with Crippen molar-refractivity contribution in [2.45, 2.75) is 25.4 Å². The number of fused-ring (bicyclic) bond motifs is 1. The van der Waals surface area contributed by atoms with Crippen molar-refractivity contribution in [2.75, 3.05) is 5.75 Å². The molecule has 0 fully saturated rings. The molecule has 0 bridgehead atoms. The average molecular weight is 241 g/mol. The molecule has 1 unspecified atom stereocenters. The lowest BCUT2D eigenvalue weighted by Crippen LogP contribution is -2.27. The number of hydrogen-bond acceptors (Lipinski definition) is 3. The zero-order valence-electron chi connectivity index (χ0n) is 8.93. The van der Waals surface area contributed by atoms with Crippen molar-refractivity contribution in [1.29, 1.82) is 0 Å². The lowest BCUT2D eigenvalue weighted by molar-refractivity contribution is 0.170. The first-order valence-electron chi connectivity index (χ1n) is 5.29. The summed E-state index contributed by atoms with van der Waals surface area (Å²) >= 11 is 0. The highest BCUT2D eigenvalue weighted by Gasteiger charge is 2.20. The highest BCUT2D eigenvalue weighted by Crippen LogP contribution is 2.28. The topological polar surface area (TPSA) is 69.4 Å². The molecule has 0 saturated heterocycles. The second-order valence-corrected chi connectivity index (χ2v) is 5.78. The van der Waals surface area contributed by atoms with Crippen LogP contribution in [0, 0.1) is 0 Å². The van der Waals surface area contributed by atoms with Crippen LogP contribution < -0.4 is 9.88 Å². The summed E-state index contributed by atoms with van der Waals surface area (Å²) in [6.45, 7) is 0. The van der Waals surface area contributed by atoms with Gasteiger partial charge in [0.1, 0.15) is 11.9 Å². The quantitative estimate of drug-likeness (QED) is 0.860. The molecule has 1 heterocycles. The van der Waals surface area contributed by atoms with E-state index in [2.05, 4.69) is 0 Å². The highest BCUT2D eigenvalue weighted by atomic mass is 32.2. The second kappa shape index (κ2) is 4.43. The number of nitrogens with two attached hydrogens (primary N) is 1. The molecule has 16 heavy (non-hydrogen) atoms. The third-order valence-corrected chi connectivity index (χ3v) is 3.53. The van der Waals surface area contributed by atoms with Gasteiger partial charge in [-0.2, -0.15) is 0 Å². The summed E-state index contributed by atoms with van der Waals surface area (Å²) in [5, 5.41) is 4.96. The van der Waals surface area contributed by atoms with Crippen molar-refractivity contribution in [3.05, 3.63) is 29.8 Å². The van der Waals surface area contributed by atoms with Crippen LogP contribution >= 0.6 is 0 Å². The number of primary sulfonamides is 1. The van der Waals surface area contributed by atoms with Gasteiger partial charge in [0.15, 0.2) is 0 Å². The van der Waals surface area contributed by atoms with E-state index in [4.69, 9.17) is 9.88 Å². The Hall–Kier alpha value is -1.07. The fourth-order valence-electron chi connectivity index (χ4n) is 1.88. The molecule has 1 atom stereocenters. The Morgan fingerprint density at radius 3 is 2.88 bits per heavy atom. The summed E-state index contributed by atoms with van der Waals surface area (Å²) in [4.78, 5) is 0. The van der Waals surface area contributed by atoms with Crippen LogP contribution in [0.3, 0.4) is 0 Å². The SMILES string of the molecule is NS(=O)(=O)CCC1CCc2ccccc2O1. The van der Waals surface area contributed by atoms with E-state index in [0.717, 1.165) is 18.6 Å². The first-order valence-corrected chi connectivity index (χ1v) is 7.01. The zero-order valence-corrected chi connectivity index (χ0v) is 9.74. The maximum absolute atomic E-state index is 10.8. The minimum Gasteiger partial charge on any atom is -0.490 e. The fourth-order valence-corrected chi connectivity index (χ4v) is 2.47. The second-order valence-electron chi connectivity index (χ2n) is 4.04. The summed E-state index contributed by atoms with van der Waals surface area (Å²) in [5.74, 6) is 0.855. The Balaban J connectivity index is 1.98. The van der Waals surface area contributed by atoms with Gasteiger partial charge in [0.05, 0.1) is 5.75 Å². The van der Waals surface area contributed by atoms with Gasteiger partial charge in [0.2, 0.25) is 10.0 Å². The van der Waals surface area contributed by atoms with Crippen LogP contribution in [0.1, 0.15) is 18.4 Å². The molecular formula is C11H15NO3S. The molecule has 1 aromatic carbocycles. The van der Waals surface area contributed by atoms with Crippen LogP contribution in [0.2, 0.25) is 0 Å². The van der Waals surface area contributed by atoms with Crippen LogP contribution in [-0.2, 0) is 16.4 Å². The van der Waals surface area contributed by atoms with E-state index in [1.54, 1.807) is 0 Å². The van der Waals surface area contributed by atoms with Gasteiger partial charge in [0, 0.05) is 0 Å². The first-order chi connectivity index (χ1) is 7.54. The number of para-hydroxylation sites is 1. The zero-order chi connectivity index (χ0) is 11.6. The Labute approximate surface area is 95.5 Å². The molecule has 5 heteroatoms. The van der Waals surface area contributed by atoms with Gasteiger partial charge in [-0.1, -0.05) is 18.2 Å². The average Bonchev–Trinajstić information content (AvgIpc) is 2.25. The molecule has 0 aliphatic carbocycles. The Bertz CT molecular complexity index is 470. The normalized spacial score (nSPS) is 19.9. The third kappa shape index (κ3) is 2.96. The smallest absolute Gasteiger partial charge is 0.209 e. The first kappa shape index (κ1) is 11.4. The molecule has 0 saturated carbocycles. The van der Waals surface area contributed by atoms with Gasteiger partial charge in [-0.3, -0.25) is 0 Å². The Morgan fingerprint density at radius 1 is 1.38 bits per heavy atom. The van der Waals surface area contributed by atoms with Gasteiger partial charge in [0.25, 0.3) is 0 Å². The van der Waals surface area contributed by atoms with Crippen LogP contribution in [0.25, 0.3) is 0 Å². The van der Waals surface area contributed by atoms with E-state index in [0.29, 0.717) is 6.42 Å². The molecule has 2 N–H and O–H groups in total. The fraction of sp³-hybridized carbons (Fsp3) is 0.455. The van der Waals surface area contributed by atoms with E-state index in [9.17, 15) is 8.42 Å². The monoisotopic (exact) mass is 241 g/mol. The standard InChI is InChI=1S/C11H15NO3S/c12-16(13,14)8-7-10-6-5-9-3-1-2-4-11(9)15-10/h1-4,10H,5-8H2,(H2,12,13,14). The third-order valence-electron chi connectivity index (χ3n) is 2.73. The van der Waals surface area contributed by atoms with Crippen molar-refractivity contribution < 1.29 is 13.2 Å². The van der Waals surface area contributed by atoms with Crippen molar-refractivity contribution >= 4 is 10.0 Å². The van der Waals surface area contributed by atoms with Crippen LogP contribution in [-0.4, -0.2) is 20.3 Å². The lowest BCUT2D eigenvalue weighted by atomic mass is 10.0. The number of ether oxygens (including phenoxy) is 1. The van der Waals surface area contributed by atoms with Crippen LogP contribution in [0.4, 0.5) is 0 Å². The number of aryl methyl sites for hydroxylation is 1. The molecule has 0 amide bonds. The van der Waals surface area contributed by atoms with Gasteiger partial charge >= 0.3 is 0 Å². The minimum atomic E-state index is -3.38. The van der Waals surface area contributed by atoms with E-state index in [1.165, 1.54) is 5.56 Å². The number of rotatable bonds is 3. The molecule has 0 spiro atoms. The van der Waals surface area contributed by atoms with Crippen LogP contribution in [0.15, 0.2) is 24.3 Å². The van der Waals surface area contributed by atoms with Gasteiger partial charge in [-0.15, -0.1) is 0 Å². The molecule has 0 aromatic heterocycles. The maximum Gasteiger partial charge on any atom is 0.209 e. The molecular weight excluding hydrogens is 226 g/mol. The minimum absolute atomic E-state index is 0.0141. The lowest BCUT2D eigenvalue weighted by Gasteiger charge is -2.25.